The van der Waals surface area contributed by atoms with E-state index >= 15 is 0 Å². The van der Waals surface area contributed by atoms with Crippen LogP contribution in [0.5, 0.6) is 0 Å². The third-order valence-electron chi connectivity index (χ3n) is 3.67. The lowest BCUT2D eigenvalue weighted by molar-refractivity contribution is 0.188. The molecular formula is C14H24N4. The smallest absolute Gasteiger partial charge is 0.142 e. The Kier molecular flexibility index (Phi) is 5.08. The Morgan fingerprint density at radius 1 is 1.39 bits per heavy atom. The summed E-state index contributed by atoms with van der Waals surface area (Å²) < 4.78 is 0. The Morgan fingerprint density at radius 3 is 2.89 bits per heavy atom. The molecule has 2 unspecified atom stereocenters. The molecule has 0 radical (unpaired) electrons. The van der Waals surface area contributed by atoms with E-state index in [0.29, 0.717) is 12.1 Å². The fourth-order valence-electron chi connectivity index (χ4n) is 2.56. The van der Waals surface area contributed by atoms with E-state index in [1.165, 1.54) is 19.3 Å². The van der Waals surface area contributed by atoms with Gasteiger partial charge in [-0.15, -0.1) is 0 Å². The van der Waals surface area contributed by atoms with E-state index in [1.807, 2.05) is 18.5 Å². The molecule has 0 saturated carbocycles. The highest BCUT2D eigenvalue weighted by molar-refractivity contribution is 4.91. The van der Waals surface area contributed by atoms with Crippen molar-refractivity contribution in [2.45, 2.75) is 51.7 Å². The van der Waals surface area contributed by atoms with Crippen LogP contribution < -0.4 is 5.32 Å². The summed E-state index contributed by atoms with van der Waals surface area (Å²) in [5.41, 5.74) is 0. The third kappa shape index (κ3) is 3.75. The molecule has 1 aliphatic heterocycles. The second-order valence-electron chi connectivity index (χ2n) is 5.17. The Balaban J connectivity index is 1.99. The molecule has 1 fully saturated rings. The van der Waals surface area contributed by atoms with E-state index < -0.39 is 0 Å². The molecule has 2 heterocycles. The summed E-state index contributed by atoms with van der Waals surface area (Å²) in [5.74, 6) is 0.932. The van der Waals surface area contributed by atoms with Crippen molar-refractivity contribution in [3.8, 4) is 0 Å². The van der Waals surface area contributed by atoms with Crippen molar-refractivity contribution in [3.63, 3.8) is 0 Å². The molecule has 1 aromatic heterocycles. The van der Waals surface area contributed by atoms with Crippen LogP contribution in [0.4, 0.5) is 0 Å². The summed E-state index contributed by atoms with van der Waals surface area (Å²) in [6.07, 6.45) is 7.34. The predicted molar refractivity (Wildman–Crippen MR) is 73.2 cm³/mol. The van der Waals surface area contributed by atoms with Gasteiger partial charge in [0.2, 0.25) is 0 Å². The van der Waals surface area contributed by atoms with Gasteiger partial charge in [0, 0.05) is 31.0 Å². The molecule has 2 atom stereocenters. The lowest BCUT2D eigenvalue weighted by atomic mass is 10.1. The van der Waals surface area contributed by atoms with Crippen LogP contribution in [0.3, 0.4) is 0 Å². The van der Waals surface area contributed by atoms with Crippen molar-refractivity contribution in [1.82, 2.24) is 20.2 Å². The molecule has 0 aliphatic carbocycles. The number of rotatable bonds is 4. The molecule has 0 amide bonds. The predicted octanol–water partition coefficient (Wildman–Crippen LogP) is 1.83. The van der Waals surface area contributed by atoms with Crippen LogP contribution >= 0.6 is 0 Å². The molecule has 1 aromatic rings. The van der Waals surface area contributed by atoms with E-state index in [1.54, 1.807) is 0 Å². The minimum atomic E-state index is 0.600. The highest BCUT2D eigenvalue weighted by Gasteiger charge is 2.22. The summed E-state index contributed by atoms with van der Waals surface area (Å²) >= 11 is 0. The number of hydrogen-bond acceptors (Lipinski definition) is 4. The van der Waals surface area contributed by atoms with Gasteiger partial charge in [0.05, 0.1) is 6.54 Å². The standard InChI is InChI=1S/C14H24N4/c1-3-5-13-10-18(12(2)6-9-15-13)11-14-16-7-4-8-17-14/h4,7-8,12-13,15H,3,5-6,9-11H2,1-2H3. The average molecular weight is 248 g/mol. The molecule has 1 aliphatic rings. The molecular weight excluding hydrogens is 224 g/mol. The first-order valence-corrected chi connectivity index (χ1v) is 7.03. The third-order valence-corrected chi connectivity index (χ3v) is 3.67. The lowest BCUT2D eigenvalue weighted by Gasteiger charge is -2.28. The van der Waals surface area contributed by atoms with E-state index in [4.69, 9.17) is 0 Å². The maximum Gasteiger partial charge on any atom is 0.142 e. The summed E-state index contributed by atoms with van der Waals surface area (Å²) in [7, 11) is 0. The van der Waals surface area contributed by atoms with Crippen LogP contribution in [0.15, 0.2) is 18.5 Å². The quantitative estimate of drug-likeness (QED) is 0.882. The van der Waals surface area contributed by atoms with E-state index in [2.05, 4.69) is 34.0 Å². The van der Waals surface area contributed by atoms with Gasteiger partial charge in [0.1, 0.15) is 5.82 Å². The number of nitrogens with zero attached hydrogens (tertiary/aromatic N) is 3. The average Bonchev–Trinajstić information content (AvgIpc) is 2.54. The summed E-state index contributed by atoms with van der Waals surface area (Å²) in [4.78, 5) is 11.2. The van der Waals surface area contributed by atoms with Crippen LogP contribution in [0.1, 0.15) is 38.9 Å². The van der Waals surface area contributed by atoms with Gasteiger partial charge in [-0.05, 0) is 32.4 Å². The van der Waals surface area contributed by atoms with Crippen LogP contribution in [-0.2, 0) is 6.54 Å². The maximum absolute atomic E-state index is 4.34. The molecule has 4 nitrogen and oxygen atoms in total. The Bertz CT molecular complexity index is 341. The largest absolute Gasteiger partial charge is 0.313 e. The van der Waals surface area contributed by atoms with Gasteiger partial charge in [-0.3, -0.25) is 4.90 Å². The molecule has 1 N–H and O–H groups in total. The minimum absolute atomic E-state index is 0.600. The molecule has 4 heteroatoms. The van der Waals surface area contributed by atoms with Crippen LogP contribution in [0.2, 0.25) is 0 Å². The van der Waals surface area contributed by atoms with Crippen LogP contribution in [0, 0.1) is 0 Å². The molecule has 1 saturated heterocycles. The van der Waals surface area contributed by atoms with Gasteiger partial charge in [-0.2, -0.15) is 0 Å². The van der Waals surface area contributed by atoms with E-state index in [9.17, 15) is 0 Å². The second kappa shape index (κ2) is 6.81. The lowest BCUT2D eigenvalue weighted by Crippen LogP contribution is -2.39. The van der Waals surface area contributed by atoms with Crippen molar-refractivity contribution in [2.24, 2.45) is 0 Å². The van der Waals surface area contributed by atoms with Crippen LogP contribution in [-0.4, -0.2) is 40.0 Å². The zero-order valence-corrected chi connectivity index (χ0v) is 11.5. The molecule has 2 rings (SSSR count). The first-order valence-electron chi connectivity index (χ1n) is 7.03. The highest BCUT2D eigenvalue weighted by Crippen LogP contribution is 2.13. The van der Waals surface area contributed by atoms with Crippen molar-refractivity contribution in [2.75, 3.05) is 13.1 Å². The Morgan fingerprint density at radius 2 is 2.17 bits per heavy atom. The van der Waals surface area contributed by atoms with Gasteiger partial charge in [0.25, 0.3) is 0 Å². The van der Waals surface area contributed by atoms with Gasteiger partial charge in [-0.25, -0.2) is 9.97 Å². The van der Waals surface area contributed by atoms with Crippen molar-refractivity contribution >= 4 is 0 Å². The number of nitrogens with one attached hydrogen (secondary N) is 1. The molecule has 18 heavy (non-hydrogen) atoms. The van der Waals surface area contributed by atoms with Gasteiger partial charge >= 0.3 is 0 Å². The molecule has 0 bridgehead atoms. The normalized spacial score (nSPS) is 25.9. The van der Waals surface area contributed by atoms with E-state index in [0.717, 1.165) is 25.5 Å². The highest BCUT2D eigenvalue weighted by atomic mass is 15.2. The van der Waals surface area contributed by atoms with Gasteiger partial charge in [0.15, 0.2) is 0 Å². The van der Waals surface area contributed by atoms with Gasteiger partial charge in [-0.1, -0.05) is 13.3 Å². The van der Waals surface area contributed by atoms with Crippen LogP contribution in [0.25, 0.3) is 0 Å². The number of hydrogen-bond donors (Lipinski definition) is 1. The fraction of sp³-hybridized carbons (Fsp3) is 0.714. The van der Waals surface area contributed by atoms with Gasteiger partial charge < -0.3 is 5.32 Å². The van der Waals surface area contributed by atoms with Crippen molar-refractivity contribution in [1.29, 1.82) is 0 Å². The van der Waals surface area contributed by atoms with E-state index in [-0.39, 0.29) is 0 Å². The zero-order valence-electron chi connectivity index (χ0n) is 11.5. The Hall–Kier alpha value is -1.00. The maximum atomic E-state index is 4.34. The van der Waals surface area contributed by atoms with Crippen molar-refractivity contribution in [3.05, 3.63) is 24.3 Å². The summed E-state index contributed by atoms with van der Waals surface area (Å²) in [6, 6.07) is 3.09. The Labute approximate surface area is 110 Å². The molecule has 0 aromatic carbocycles. The SMILES string of the molecule is CCCC1CN(Cc2ncccn2)C(C)CCN1. The molecule has 0 spiro atoms. The first kappa shape index (κ1) is 13.4. The topological polar surface area (TPSA) is 41.1 Å². The monoisotopic (exact) mass is 248 g/mol. The summed E-state index contributed by atoms with van der Waals surface area (Å²) in [5, 5.41) is 3.65. The fourth-order valence-corrected chi connectivity index (χ4v) is 2.56. The number of aromatic nitrogens is 2. The second-order valence-corrected chi connectivity index (χ2v) is 5.17. The summed E-state index contributed by atoms with van der Waals surface area (Å²) in [6.45, 7) is 7.65. The first-order chi connectivity index (χ1) is 8.79. The zero-order chi connectivity index (χ0) is 12.8. The van der Waals surface area contributed by atoms with Crippen molar-refractivity contribution < 1.29 is 0 Å². The molecule has 100 valence electrons. The minimum Gasteiger partial charge on any atom is -0.313 e.